The molecule has 4 nitrogen and oxygen atoms in total. The summed E-state index contributed by atoms with van der Waals surface area (Å²) < 4.78 is 0. The number of piperazine rings is 1. The van der Waals surface area contributed by atoms with Crippen LogP contribution >= 0.6 is 0 Å². The van der Waals surface area contributed by atoms with E-state index in [-0.39, 0.29) is 0 Å². The Labute approximate surface area is 102 Å². The Hall–Kier alpha value is -1.60. The van der Waals surface area contributed by atoms with Crippen molar-refractivity contribution in [3.63, 3.8) is 0 Å². The van der Waals surface area contributed by atoms with Crippen LogP contribution in [0, 0.1) is 11.3 Å². The molecule has 0 aliphatic carbocycles. The summed E-state index contributed by atoms with van der Waals surface area (Å²) in [5, 5.41) is 8.83. The van der Waals surface area contributed by atoms with Crippen molar-refractivity contribution in [1.29, 1.82) is 5.26 Å². The molecule has 4 heteroatoms. The maximum absolute atomic E-state index is 8.83. The zero-order valence-electron chi connectivity index (χ0n) is 10.3. The first kappa shape index (κ1) is 11.9. The van der Waals surface area contributed by atoms with Gasteiger partial charge in [-0.1, -0.05) is 6.92 Å². The van der Waals surface area contributed by atoms with Gasteiger partial charge in [0.1, 0.15) is 11.8 Å². The van der Waals surface area contributed by atoms with Gasteiger partial charge in [-0.2, -0.15) is 5.26 Å². The number of rotatable bonds is 3. The monoisotopic (exact) mass is 230 g/mol. The quantitative estimate of drug-likeness (QED) is 0.789. The van der Waals surface area contributed by atoms with E-state index in [0.29, 0.717) is 5.69 Å². The maximum Gasteiger partial charge on any atom is 0.142 e. The molecule has 0 bridgehead atoms. The molecule has 0 N–H and O–H groups in total. The third kappa shape index (κ3) is 2.95. The minimum atomic E-state index is 0.499. The van der Waals surface area contributed by atoms with Crippen molar-refractivity contribution in [2.75, 3.05) is 37.6 Å². The zero-order chi connectivity index (χ0) is 12.1. The molecule has 1 aromatic rings. The first-order valence-corrected chi connectivity index (χ1v) is 6.17. The zero-order valence-corrected chi connectivity index (χ0v) is 10.3. The van der Waals surface area contributed by atoms with Crippen LogP contribution in [0.2, 0.25) is 0 Å². The average molecular weight is 230 g/mol. The molecule has 90 valence electrons. The Morgan fingerprint density at radius 3 is 2.76 bits per heavy atom. The Kier molecular flexibility index (Phi) is 3.94. The Bertz CT molecular complexity index is 402. The predicted molar refractivity (Wildman–Crippen MR) is 67.9 cm³/mol. The molecule has 1 aliphatic heterocycles. The molecule has 0 atom stereocenters. The molecule has 1 aromatic heterocycles. The van der Waals surface area contributed by atoms with Gasteiger partial charge < -0.3 is 4.90 Å². The van der Waals surface area contributed by atoms with Gasteiger partial charge >= 0.3 is 0 Å². The second-order valence-electron chi connectivity index (χ2n) is 4.34. The summed E-state index contributed by atoms with van der Waals surface area (Å²) in [7, 11) is 0. The highest BCUT2D eigenvalue weighted by Crippen LogP contribution is 2.16. The van der Waals surface area contributed by atoms with Gasteiger partial charge in [0, 0.05) is 38.1 Å². The van der Waals surface area contributed by atoms with Crippen LogP contribution < -0.4 is 4.90 Å². The lowest BCUT2D eigenvalue weighted by Crippen LogP contribution is -2.46. The molecule has 0 amide bonds. The fraction of sp³-hybridized carbons (Fsp3) is 0.538. The molecule has 0 spiro atoms. The third-order valence-corrected chi connectivity index (χ3v) is 3.14. The molecule has 1 fully saturated rings. The average Bonchev–Trinajstić information content (AvgIpc) is 2.40. The smallest absolute Gasteiger partial charge is 0.142 e. The Morgan fingerprint density at radius 1 is 1.35 bits per heavy atom. The van der Waals surface area contributed by atoms with E-state index in [1.807, 2.05) is 12.1 Å². The largest absolute Gasteiger partial charge is 0.369 e. The summed E-state index contributed by atoms with van der Waals surface area (Å²) in [6.45, 7) is 7.70. The highest BCUT2D eigenvalue weighted by Gasteiger charge is 2.16. The van der Waals surface area contributed by atoms with Crippen LogP contribution in [0.25, 0.3) is 0 Å². The van der Waals surface area contributed by atoms with Gasteiger partial charge in [-0.05, 0) is 25.1 Å². The molecule has 17 heavy (non-hydrogen) atoms. The Morgan fingerprint density at radius 2 is 2.12 bits per heavy atom. The number of aromatic nitrogens is 1. The molecular weight excluding hydrogens is 212 g/mol. The predicted octanol–water partition coefficient (Wildman–Crippen LogP) is 1.49. The topological polar surface area (TPSA) is 43.2 Å². The highest BCUT2D eigenvalue weighted by atomic mass is 15.3. The lowest BCUT2D eigenvalue weighted by Gasteiger charge is -2.35. The molecule has 0 unspecified atom stereocenters. The van der Waals surface area contributed by atoms with Crippen LogP contribution in [-0.4, -0.2) is 42.6 Å². The van der Waals surface area contributed by atoms with Crippen LogP contribution in [0.5, 0.6) is 0 Å². The number of hydrogen-bond acceptors (Lipinski definition) is 4. The van der Waals surface area contributed by atoms with Crippen molar-refractivity contribution in [2.45, 2.75) is 13.3 Å². The molecule has 0 aromatic carbocycles. The first-order chi connectivity index (χ1) is 8.33. The molecular formula is C13H18N4. The van der Waals surface area contributed by atoms with Gasteiger partial charge in [0.25, 0.3) is 0 Å². The summed E-state index contributed by atoms with van der Waals surface area (Å²) in [5.41, 5.74) is 1.62. The SMILES string of the molecule is CCCN1CCN(c2ccnc(C#N)c2)CC1. The lowest BCUT2D eigenvalue weighted by atomic mass is 10.2. The first-order valence-electron chi connectivity index (χ1n) is 6.17. The Balaban J connectivity index is 1.98. The van der Waals surface area contributed by atoms with Gasteiger partial charge in [0.05, 0.1) is 0 Å². The number of anilines is 1. The van der Waals surface area contributed by atoms with Gasteiger partial charge in [-0.3, -0.25) is 4.90 Å². The van der Waals surface area contributed by atoms with E-state index in [0.717, 1.165) is 31.9 Å². The fourth-order valence-electron chi connectivity index (χ4n) is 2.22. The van der Waals surface area contributed by atoms with Crippen LogP contribution in [0.3, 0.4) is 0 Å². The second-order valence-corrected chi connectivity index (χ2v) is 4.34. The van der Waals surface area contributed by atoms with Crippen LogP contribution in [0.1, 0.15) is 19.0 Å². The van der Waals surface area contributed by atoms with E-state index in [1.165, 1.54) is 13.0 Å². The van der Waals surface area contributed by atoms with E-state index in [2.05, 4.69) is 27.8 Å². The van der Waals surface area contributed by atoms with Crippen molar-refractivity contribution < 1.29 is 0 Å². The third-order valence-electron chi connectivity index (χ3n) is 3.14. The van der Waals surface area contributed by atoms with Crippen molar-refractivity contribution in [1.82, 2.24) is 9.88 Å². The number of hydrogen-bond donors (Lipinski definition) is 0. The standard InChI is InChI=1S/C13H18N4/c1-2-5-16-6-8-17(9-7-16)13-3-4-15-12(10-13)11-14/h3-4,10H,2,5-9H2,1H3. The molecule has 2 rings (SSSR count). The summed E-state index contributed by atoms with van der Waals surface area (Å²) in [5.74, 6) is 0. The summed E-state index contributed by atoms with van der Waals surface area (Å²) in [6, 6.07) is 5.94. The van der Waals surface area contributed by atoms with Crippen molar-refractivity contribution >= 4 is 5.69 Å². The van der Waals surface area contributed by atoms with E-state index in [1.54, 1.807) is 6.20 Å². The van der Waals surface area contributed by atoms with Gasteiger partial charge in [0.2, 0.25) is 0 Å². The van der Waals surface area contributed by atoms with Crippen LogP contribution in [0.15, 0.2) is 18.3 Å². The maximum atomic E-state index is 8.83. The molecule has 1 saturated heterocycles. The highest BCUT2D eigenvalue weighted by molar-refractivity contribution is 5.49. The number of nitrogens with zero attached hydrogens (tertiary/aromatic N) is 4. The van der Waals surface area contributed by atoms with Crippen LogP contribution in [-0.2, 0) is 0 Å². The minimum absolute atomic E-state index is 0.499. The van der Waals surface area contributed by atoms with Gasteiger partial charge in [0.15, 0.2) is 0 Å². The summed E-state index contributed by atoms with van der Waals surface area (Å²) in [6.07, 6.45) is 2.93. The van der Waals surface area contributed by atoms with Crippen molar-refractivity contribution in [2.24, 2.45) is 0 Å². The van der Waals surface area contributed by atoms with Crippen molar-refractivity contribution in [3.8, 4) is 6.07 Å². The molecule has 1 aliphatic rings. The summed E-state index contributed by atoms with van der Waals surface area (Å²) in [4.78, 5) is 8.82. The lowest BCUT2D eigenvalue weighted by molar-refractivity contribution is 0.258. The van der Waals surface area contributed by atoms with E-state index < -0.39 is 0 Å². The van der Waals surface area contributed by atoms with Crippen molar-refractivity contribution in [3.05, 3.63) is 24.0 Å². The second kappa shape index (κ2) is 5.65. The normalized spacial score (nSPS) is 16.8. The minimum Gasteiger partial charge on any atom is -0.369 e. The van der Waals surface area contributed by atoms with Gasteiger partial charge in [-0.15, -0.1) is 0 Å². The van der Waals surface area contributed by atoms with E-state index in [9.17, 15) is 0 Å². The van der Waals surface area contributed by atoms with Gasteiger partial charge in [-0.25, -0.2) is 4.98 Å². The van der Waals surface area contributed by atoms with E-state index >= 15 is 0 Å². The number of nitriles is 1. The number of pyridine rings is 1. The molecule has 0 saturated carbocycles. The van der Waals surface area contributed by atoms with Crippen LogP contribution in [0.4, 0.5) is 5.69 Å². The van der Waals surface area contributed by atoms with E-state index in [4.69, 9.17) is 5.26 Å². The molecule has 0 radical (unpaired) electrons. The summed E-state index contributed by atoms with van der Waals surface area (Å²) >= 11 is 0. The fourth-order valence-corrected chi connectivity index (χ4v) is 2.22. The molecule has 2 heterocycles.